The first-order chi connectivity index (χ1) is 6.79. The van der Waals surface area contributed by atoms with Gasteiger partial charge in [0.1, 0.15) is 5.82 Å². The molecule has 0 amide bonds. The summed E-state index contributed by atoms with van der Waals surface area (Å²) in [5.41, 5.74) is 0. The summed E-state index contributed by atoms with van der Waals surface area (Å²) in [5.74, 6) is 3.61. The van der Waals surface area contributed by atoms with Crippen molar-refractivity contribution in [2.24, 2.45) is 5.92 Å². The molecule has 0 aliphatic heterocycles. The first-order valence-electron chi connectivity index (χ1n) is 5.26. The zero-order valence-electron chi connectivity index (χ0n) is 8.46. The summed E-state index contributed by atoms with van der Waals surface area (Å²) < 4.78 is 0. The lowest BCUT2D eigenvalue weighted by atomic mass is 9.83. The molecule has 1 saturated carbocycles. The molecule has 1 aliphatic rings. The molecule has 4 heteroatoms. The second kappa shape index (κ2) is 4.30. The van der Waals surface area contributed by atoms with E-state index in [0.29, 0.717) is 11.8 Å². The van der Waals surface area contributed by atoms with Crippen LogP contribution >= 0.6 is 11.6 Å². The third-order valence-electron chi connectivity index (χ3n) is 3.06. The topological polar surface area (TPSA) is 41.6 Å². The lowest BCUT2D eigenvalue weighted by Gasteiger charge is -2.23. The largest absolute Gasteiger partial charge is 0.262 e. The van der Waals surface area contributed by atoms with E-state index in [1.807, 2.05) is 0 Å². The molecule has 0 spiro atoms. The summed E-state index contributed by atoms with van der Waals surface area (Å²) in [6, 6.07) is 0. The molecule has 0 bridgehead atoms. The summed E-state index contributed by atoms with van der Waals surface area (Å²) in [6.07, 6.45) is 5.05. The van der Waals surface area contributed by atoms with Crippen molar-refractivity contribution in [2.75, 3.05) is 0 Å². The van der Waals surface area contributed by atoms with E-state index in [2.05, 4.69) is 22.1 Å². The summed E-state index contributed by atoms with van der Waals surface area (Å²) in [6.45, 7) is 2.32. The van der Waals surface area contributed by atoms with Crippen molar-refractivity contribution in [3.05, 3.63) is 11.6 Å². The molecule has 0 saturated heterocycles. The second-order valence-corrected chi connectivity index (χ2v) is 4.50. The van der Waals surface area contributed by atoms with Crippen LogP contribution in [0, 0.1) is 5.92 Å². The number of H-pyrrole nitrogens is 1. The van der Waals surface area contributed by atoms with Gasteiger partial charge < -0.3 is 0 Å². The Bertz CT molecular complexity index is 289. The molecule has 3 nitrogen and oxygen atoms in total. The van der Waals surface area contributed by atoms with E-state index < -0.39 is 0 Å². The lowest BCUT2D eigenvalue weighted by molar-refractivity contribution is 0.340. The zero-order valence-corrected chi connectivity index (χ0v) is 9.22. The maximum atomic E-state index is 5.67. The molecule has 0 atom stereocenters. The lowest BCUT2D eigenvalue weighted by Crippen LogP contribution is -2.12. The Hall–Kier alpha value is -0.570. The maximum absolute atomic E-state index is 5.67. The van der Waals surface area contributed by atoms with E-state index >= 15 is 0 Å². The number of hydrogen-bond acceptors (Lipinski definition) is 2. The molecule has 0 unspecified atom stereocenters. The number of aromatic nitrogens is 3. The van der Waals surface area contributed by atoms with Crippen LogP contribution in [0.5, 0.6) is 0 Å². The minimum absolute atomic E-state index is 0.427. The Morgan fingerprint density at radius 2 is 2.07 bits per heavy atom. The fourth-order valence-electron chi connectivity index (χ4n) is 2.07. The Morgan fingerprint density at radius 3 is 2.64 bits per heavy atom. The number of halogens is 1. The highest BCUT2D eigenvalue weighted by Gasteiger charge is 2.22. The van der Waals surface area contributed by atoms with Crippen molar-refractivity contribution < 1.29 is 0 Å². The highest BCUT2D eigenvalue weighted by molar-refractivity contribution is 6.16. The van der Waals surface area contributed by atoms with Gasteiger partial charge in [0.25, 0.3) is 0 Å². The van der Waals surface area contributed by atoms with Gasteiger partial charge in [0.15, 0.2) is 5.82 Å². The van der Waals surface area contributed by atoms with Gasteiger partial charge >= 0.3 is 0 Å². The van der Waals surface area contributed by atoms with Crippen molar-refractivity contribution in [2.45, 2.75) is 44.4 Å². The fourth-order valence-corrected chi connectivity index (χ4v) is 2.19. The summed E-state index contributed by atoms with van der Waals surface area (Å²) in [4.78, 5) is 4.38. The molecule has 1 aliphatic carbocycles. The van der Waals surface area contributed by atoms with E-state index in [9.17, 15) is 0 Å². The van der Waals surface area contributed by atoms with Crippen LogP contribution in [0.3, 0.4) is 0 Å². The van der Waals surface area contributed by atoms with Gasteiger partial charge in [-0.1, -0.05) is 19.8 Å². The van der Waals surface area contributed by atoms with Gasteiger partial charge in [0.05, 0.1) is 5.88 Å². The highest BCUT2D eigenvalue weighted by atomic mass is 35.5. The molecular formula is C10H16ClN3. The highest BCUT2D eigenvalue weighted by Crippen LogP contribution is 2.33. The fraction of sp³-hybridized carbons (Fsp3) is 0.800. The van der Waals surface area contributed by atoms with Crippen LogP contribution < -0.4 is 0 Å². The number of aromatic amines is 1. The van der Waals surface area contributed by atoms with Gasteiger partial charge in [-0.05, 0) is 18.8 Å². The molecule has 2 rings (SSSR count). The predicted octanol–water partition coefficient (Wildman–Crippen LogP) is 2.84. The molecule has 1 aromatic heterocycles. The monoisotopic (exact) mass is 213 g/mol. The Balaban J connectivity index is 2.01. The quantitative estimate of drug-likeness (QED) is 0.768. The molecule has 0 aromatic carbocycles. The molecule has 1 fully saturated rings. The van der Waals surface area contributed by atoms with Crippen LogP contribution in [0.1, 0.15) is 50.2 Å². The smallest absolute Gasteiger partial charge is 0.153 e. The van der Waals surface area contributed by atoms with Gasteiger partial charge in [-0.25, -0.2) is 4.98 Å². The molecule has 1 heterocycles. The number of nitrogens with one attached hydrogen (secondary N) is 1. The first kappa shape index (κ1) is 9.97. The van der Waals surface area contributed by atoms with Crippen LogP contribution in [0.4, 0.5) is 0 Å². The maximum Gasteiger partial charge on any atom is 0.153 e. The normalized spacial score (nSPS) is 27.9. The van der Waals surface area contributed by atoms with Gasteiger partial charge in [0, 0.05) is 5.92 Å². The molecule has 0 radical (unpaired) electrons. The Labute approximate surface area is 89.3 Å². The molecule has 1 N–H and O–H groups in total. The number of rotatable bonds is 2. The standard InChI is InChI=1S/C10H16ClN3/c1-7-2-4-8(5-3-7)10-12-9(6-11)13-14-10/h7-8H,2-6H2,1H3,(H,12,13,14). The second-order valence-electron chi connectivity index (χ2n) is 4.23. The summed E-state index contributed by atoms with van der Waals surface area (Å²) in [5, 5.41) is 7.09. The number of nitrogens with zero attached hydrogens (tertiary/aromatic N) is 2. The van der Waals surface area contributed by atoms with Crippen molar-refractivity contribution >= 4 is 11.6 Å². The van der Waals surface area contributed by atoms with E-state index in [1.165, 1.54) is 25.7 Å². The minimum Gasteiger partial charge on any atom is -0.262 e. The van der Waals surface area contributed by atoms with Gasteiger partial charge in [0.2, 0.25) is 0 Å². The summed E-state index contributed by atoms with van der Waals surface area (Å²) in [7, 11) is 0. The van der Waals surface area contributed by atoms with Gasteiger partial charge in [-0.15, -0.1) is 11.6 Å². The van der Waals surface area contributed by atoms with Crippen molar-refractivity contribution in [3.63, 3.8) is 0 Å². The van der Waals surface area contributed by atoms with Crippen LogP contribution in [0.25, 0.3) is 0 Å². The van der Waals surface area contributed by atoms with Crippen molar-refractivity contribution in [1.29, 1.82) is 0 Å². The first-order valence-corrected chi connectivity index (χ1v) is 5.80. The zero-order chi connectivity index (χ0) is 9.97. The van der Waals surface area contributed by atoms with E-state index in [-0.39, 0.29) is 0 Å². The van der Waals surface area contributed by atoms with Gasteiger partial charge in [-0.2, -0.15) is 5.10 Å². The Morgan fingerprint density at radius 1 is 1.36 bits per heavy atom. The molecule has 14 heavy (non-hydrogen) atoms. The van der Waals surface area contributed by atoms with Crippen LogP contribution in [0.15, 0.2) is 0 Å². The third kappa shape index (κ3) is 2.08. The Kier molecular flexibility index (Phi) is 3.06. The van der Waals surface area contributed by atoms with E-state index in [4.69, 9.17) is 11.6 Å². The van der Waals surface area contributed by atoms with Crippen LogP contribution in [0.2, 0.25) is 0 Å². The van der Waals surface area contributed by atoms with Crippen LogP contribution in [-0.2, 0) is 5.88 Å². The average molecular weight is 214 g/mol. The van der Waals surface area contributed by atoms with E-state index in [1.54, 1.807) is 0 Å². The molecule has 1 aromatic rings. The van der Waals surface area contributed by atoms with Gasteiger partial charge in [-0.3, -0.25) is 5.10 Å². The minimum atomic E-state index is 0.427. The number of alkyl halides is 1. The molecule has 78 valence electrons. The average Bonchev–Trinajstić information content (AvgIpc) is 2.67. The van der Waals surface area contributed by atoms with E-state index in [0.717, 1.165) is 17.6 Å². The summed E-state index contributed by atoms with van der Waals surface area (Å²) >= 11 is 5.67. The number of hydrogen-bond donors (Lipinski definition) is 1. The molecular weight excluding hydrogens is 198 g/mol. The van der Waals surface area contributed by atoms with Crippen LogP contribution in [-0.4, -0.2) is 15.2 Å². The van der Waals surface area contributed by atoms with Crippen molar-refractivity contribution in [1.82, 2.24) is 15.2 Å². The SMILES string of the molecule is CC1CCC(c2n[nH]c(CCl)n2)CC1. The third-order valence-corrected chi connectivity index (χ3v) is 3.31. The predicted molar refractivity (Wildman–Crippen MR) is 56.3 cm³/mol. The van der Waals surface area contributed by atoms with Crippen molar-refractivity contribution in [3.8, 4) is 0 Å².